The molecule has 4 heteroatoms. The lowest BCUT2D eigenvalue weighted by Crippen LogP contribution is -2.14. The van der Waals surface area contributed by atoms with Gasteiger partial charge >= 0.3 is 5.97 Å². The molecule has 1 rings (SSSR count). The van der Waals surface area contributed by atoms with Crippen LogP contribution in [0.3, 0.4) is 0 Å². The molecule has 0 atom stereocenters. The van der Waals surface area contributed by atoms with Gasteiger partial charge in [0.25, 0.3) is 0 Å². The molecule has 0 fully saturated rings. The summed E-state index contributed by atoms with van der Waals surface area (Å²) < 4.78 is 6.51. The Kier molecular flexibility index (Phi) is 5.64. The highest BCUT2D eigenvalue weighted by molar-refractivity contribution is 14.1. The van der Waals surface area contributed by atoms with Crippen LogP contribution in [0.4, 0.5) is 0 Å². The summed E-state index contributed by atoms with van der Waals surface area (Å²) in [6.07, 6.45) is 1.95. The topological polar surface area (TPSA) is 46.5 Å². The van der Waals surface area contributed by atoms with Crippen LogP contribution in [0.1, 0.15) is 56.5 Å². The first-order valence-electron chi connectivity index (χ1n) is 6.47. The lowest BCUT2D eigenvalue weighted by Gasteiger charge is -2.21. The van der Waals surface area contributed by atoms with E-state index in [0.29, 0.717) is 12.4 Å². The average molecular weight is 376 g/mol. The van der Waals surface area contributed by atoms with Crippen LogP contribution in [-0.4, -0.2) is 17.7 Å². The second-order valence-electron chi connectivity index (χ2n) is 5.59. The number of rotatable bonds is 5. The van der Waals surface area contributed by atoms with Crippen LogP contribution in [0.25, 0.3) is 0 Å². The zero-order valence-corrected chi connectivity index (χ0v) is 14.1. The van der Waals surface area contributed by atoms with Gasteiger partial charge in [0.05, 0.1) is 10.2 Å². The maximum Gasteiger partial charge on any atom is 0.339 e. The normalized spacial score (nSPS) is 11.4. The smallest absolute Gasteiger partial charge is 0.339 e. The standard InChI is InChI=1S/C15H21IO3/c1-5-6-7-19-13-11(14(17)18)8-10(9-12(13)16)15(2,3)4/h8-9H,5-7H2,1-4H3,(H,17,18). The fraction of sp³-hybridized carbons (Fsp3) is 0.533. The highest BCUT2D eigenvalue weighted by Crippen LogP contribution is 2.33. The maximum absolute atomic E-state index is 11.4. The SMILES string of the molecule is CCCCOc1c(I)cc(C(C)(C)C)cc1C(=O)O. The molecule has 1 N–H and O–H groups in total. The largest absolute Gasteiger partial charge is 0.492 e. The van der Waals surface area contributed by atoms with Crippen LogP contribution in [0.2, 0.25) is 0 Å². The van der Waals surface area contributed by atoms with Crippen molar-refractivity contribution in [3.63, 3.8) is 0 Å². The highest BCUT2D eigenvalue weighted by Gasteiger charge is 2.21. The Bertz CT molecular complexity index is 461. The van der Waals surface area contributed by atoms with Gasteiger partial charge in [0, 0.05) is 0 Å². The maximum atomic E-state index is 11.4. The first-order valence-corrected chi connectivity index (χ1v) is 7.55. The Labute approximate surface area is 128 Å². The predicted molar refractivity (Wildman–Crippen MR) is 85.2 cm³/mol. The van der Waals surface area contributed by atoms with Gasteiger partial charge in [-0.25, -0.2) is 4.79 Å². The molecule has 0 radical (unpaired) electrons. The number of carboxylic acid groups (broad SMARTS) is 1. The Morgan fingerprint density at radius 2 is 2.00 bits per heavy atom. The summed E-state index contributed by atoms with van der Waals surface area (Å²) >= 11 is 2.15. The van der Waals surface area contributed by atoms with E-state index in [-0.39, 0.29) is 11.0 Å². The van der Waals surface area contributed by atoms with E-state index in [1.165, 1.54) is 0 Å². The lowest BCUT2D eigenvalue weighted by molar-refractivity contribution is 0.0692. The molecule has 0 saturated heterocycles. The summed E-state index contributed by atoms with van der Waals surface area (Å²) in [5.74, 6) is -0.440. The fourth-order valence-electron chi connectivity index (χ4n) is 1.65. The van der Waals surface area contributed by atoms with Crippen LogP contribution in [0.5, 0.6) is 5.75 Å². The molecule has 0 aromatic heterocycles. The van der Waals surface area contributed by atoms with Gasteiger partial charge in [-0.3, -0.25) is 0 Å². The van der Waals surface area contributed by atoms with Gasteiger partial charge in [-0.15, -0.1) is 0 Å². The van der Waals surface area contributed by atoms with E-state index in [1.807, 2.05) is 6.07 Å². The van der Waals surface area contributed by atoms with E-state index in [4.69, 9.17) is 4.74 Å². The van der Waals surface area contributed by atoms with Gasteiger partial charge in [-0.2, -0.15) is 0 Å². The van der Waals surface area contributed by atoms with Crippen molar-refractivity contribution in [2.75, 3.05) is 6.61 Å². The lowest BCUT2D eigenvalue weighted by atomic mass is 9.86. The fourth-order valence-corrected chi connectivity index (χ4v) is 2.43. The minimum absolute atomic E-state index is 0.0773. The van der Waals surface area contributed by atoms with Crippen LogP contribution in [0.15, 0.2) is 12.1 Å². The second-order valence-corrected chi connectivity index (χ2v) is 6.75. The number of carbonyl (C=O) groups is 1. The molecule has 0 aliphatic carbocycles. The molecule has 106 valence electrons. The molecule has 0 spiro atoms. The van der Waals surface area contributed by atoms with Crippen molar-refractivity contribution < 1.29 is 14.6 Å². The minimum atomic E-state index is -0.935. The van der Waals surface area contributed by atoms with E-state index in [2.05, 4.69) is 50.3 Å². The Morgan fingerprint density at radius 1 is 1.37 bits per heavy atom. The summed E-state index contributed by atoms with van der Waals surface area (Å²) in [5.41, 5.74) is 1.19. The molecule has 0 bridgehead atoms. The number of benzene rings is 1. The molecule has 19 heavy (non-hydrogen) atoms. The highest BCUT2D eigenvalue weighted by atomic mass is 127. The van der Waals surface area contributed by atoms with Crippen molar-refractivity contribution in [3.8, 4) is 5.75 Å². The molecule has 0 amide bonds. The van der Waals surface area contributed by atoms with Crippen molar-refractivity contribution in [3.05, 3.63) is 26.8 Å². The summed E-state index contributed by atoms with van der Waals surface area (Å²) in [5, 5.41) is 9.35. The van der Waals surface area contributed by atoms with Gasteiger partial charge in [-0.1, -0.05) is 34.1 Å². The van der Waals surface area contributed by atoms with E-state index in [1.54, 1.807) is 6.07 Å². The van der Waals surface area contributed by atoms with Gasteiger partial charge in [0.1, 0.15) is 11.3 Å². The Hall–Kier alpha value is -0.780. The molecular formula is C15H21IO3. The second kappa shape index (κ2) is 6.59. The molecule has 1 aromatic carbocycles. The molecule has 0 heterocycles. The third-order valence-corrected chi connectivity index (χ3v) is 3.69. The number of hydrogen-bond donors (Lipinski definition) is 1. The van der Waals surface area contributed by atoms with E-state index >= 15 is 0 Å². The molecular weight excluding hydrogens is 355 g/mol. The summed E-state index contributed by atoms with van der Waals surface area (Å²) in [6.45, 7) is 8.85. The zero-order chi connectivity index (χ0) is 14.6. The van der Waals surface area contributed by atoms with Gasteiger partial charge in [0.15, 0.2) is 0 Å². The first-order chi connectivity index (χ1) is 8.77. The van der Waals surface area contributed by atoms with E-state index in [0.717, 1.165) is 22.0 Å². The molecule has 0 aliphatic heterocycles. The van der Waals surface area contributed by atoms with Crippen molar-refractivity contribution in [1.82, 2.24) is 0 Å². The van der Waals surface area contributed by atoms with Crippen molar-refractivity contribution in [2.24, 2.45) is 0 Å². The summed E-state index contributed by atoms with van der Waals surface area (Å²) in [4.78, 5) is 11.4. The van der Waals surface area contributed by atoms with Crippen LogP contribution < -0.4 is 4.74 Å². The quantitative estimate of drug-likeness (QED) is 0.610. The average Bonchev–Trinajstić information content (AvgIpc) is 2.29. The van der Waals surface area contributed by atoms with Crippen molar-refractivity contribution >= 4 is 28.6 Å². The number of hydrogen-bond acceptors (Lipinski definition) is 2. The summed E-state index contributed by atoms with van der Waals surface area (Å²) in [6, 6.07) is 3.74. The minimum Gasteiger partial charge on any atom is -0.492 e. The number of unbranched alkanes of at least 4 members (excludes halogenated alkanes) is 1. The van der Waals surface area contributed by atoms with Gasteiger partial charge < -0.3 is 9.84 Å². The van der Waals surface area contributed by atoms with Crippen LogP contribution in [0, 0.1) is 3.57 Å². The molecule has 0 unspecified atom stereocenters. The predicted octanol–water partition coefficient (Wildman–Crippen LogP) is 4.47. The Balaban J connectivity index is 3.20. The van der Waals surface area contributed by atoms with Gasteiger partial charge in [0.2, 0.25) is 0 Å². The third kappa shape index (κ3) is 4.37. The van der Waals surface area contributed by atoms with Crippen LogP contribution in [-0.2, 0) is 5.41 Å². The van der Waals surface area contributed by atoms with Gasteiger partial charge in [-0.05, 0) is 52.1 Å². The van der Waals surface area contributed by atoms with E-state index in [9.17, 15) is 9.90 Å². The monoisotopic (exact) mass is 376 g/mol. The van der Waals surface area contributed by atoms with E-state index < -0.39 is 5.97 Å². The summed E-state index contributed by atoms with van der Waals surface area (Å²) in [7, 11) is 0. The number of aromatic carboxylic acids is 1. The molecule has 1 aromatic rings. The van der Waals surface area contributed by atoms with Crippen molar-refractivity contribution in [1.29, 1.82) is 0 Å². The molecule has 0 saturated carbocycles. The first kappa shape index (κ1) is 16.3. The van der Waals surface area contributed by atoms with Crippen LogP contribution >= 0.6 is 22.6 Å². The molecule has 0 aliphatic rings. The number of ether oxygens (including phenoxy) is 1. The van der Waals surface area contributed by atoms with Crippen molar-refractivity contribution in [2.45, 2.75) is 46.0 Å². The number of halogens is 1. The zero-order valence-electron chi connectivity index (χ0n) is 11.9. The third-order valence-electron chi connectivity index (χ3n) is 2.88. The molecule has 3 nitrogen and oxygen atoms in total. The Morgan fingerprint density at radius 3 is 2.47 bits per heavy atom. The number of carboxylic acids is 1.